The molecule has 1 N–H and O–H groups in total. The third-order valence-electron chi connectivity index (χ3n) is 4.05. The topological polar surface area (TPSA) is 95.6 Å². The Hall–Kier alpha value is -3.20. The second kappa shape index (κ2) is 9.33. The maximum absolute atomic E-state index is 12.3. The molecule has 0 aliphatic rings. The zero-order chi connectivity index (χ0) is 20.8. The van der Waals surface area contributed by atoms with E-state index in [9.17, 15) is 4.79 Å². The van der Waals surface area contributed by atoms with Crippen molar-refractivity contribution in [3.63, 3.8) is 0 Å². The number of ether oxygens (including phenoxy) is 4. The van der Waals surface area contributed by atoms with Crippen LogP contribution in [0.1, 0.15) is 17.4 Å². The van der Waals surface area contributed by atoms with Crippen molar-refractivity contribution in [2.45, 2.75) is 16.7 Å². The van der Waals surface area contributed by atoms with Gasteiger partial charge in [0.1, 0.15) is 22.9 Å². The number of rotatable bonds is 8. The maximum atomic E-state index is 12.3. The van der Waals surface area contributed by atoms with Crippen LogP contribution in [0, 0.1) is 0 Å². The second-order valence-electron chi connectivity index (χ2n) is 5.69. The number of benzene rings is 2. The van der Waals surface area contributed by atoms with E-state index in [4.69, 9.17) is 18.9 Å². The standard InChI is InChI=1S/C20H21N3O5S/c1-5-28-20(24)19-18(21-23-22-19)17-14(27-4)7-6-8-15(17)29-16-11-12(25-2)9-10-13(16)26-3/h6-11H,5H2,1-4H3,(H,21,22,23). The second-order valence-corrected chi connectivity index (χ2v) is 6.78. The fourth-order valence-corrected chi connectivity index (χ4v) is 3.84. The maximum Gasteiger partial charge on any atom is 0.361 e. The summed E-state index contributed by atoms with van der Waals surface area (Å²) in [6, 6.07) is 11.1. The van der Waals surface area contributed by atoms with Gasteiger partial charge in [-0.25, -0.2) is 4.79 Å². The molecule has 3 aromatic rings. The number of carbonyl (C=O) groups excluding carboxylic acids is 1. The molecule has 0 saturated heterocycles. The number of H-pyrrole nitrogens is 1. The Kier molecular flexibility index (Phi) is 6.61. The lowest BCUT2D eigenvalue weighted by molar-refractivity contribution is 0.0520. The molecule has 0 radical (unpaired) electrons. The third kappa shape index (κ3) is 4.29. The fraction of sp³-hybridized carbons (Fsp3) is 0.250. The number of nitrogens with one attached hydrogen (secondary N) is 1. The first-order chi connectivity index (χ1) is 14.1. The van der Waals surface area contributed by atoms with E-state index in [1.54, 1.807) is 34.3 Å². The van der Waals surface area contributed by atoms with Crippen LogP contribution in [0.25, 0.3) is 11.3 Å². The normalized spacial score (nSPS) is 10.5. The number of aromatic amines is 1. The van der Waals surface area contributed by atoms with Crippen molar-refractivity contribution >= 4 is 17.7 Å². The van der Waals surface area contributed by atoms with Crippen molar-refractivity contribution in [1.29, 1.82) is 0 Å². The molecule has 0 spiro atoms. The minimum Gasteiger partial charge on any atom is -0.497 e. The molecule has 3 rings (SSSR count). The molecule has 1 aromatic heterocycles. The largest absolute Gasteiger partial charge is 0.497 e. The van der Waals surface area contributed by atoms with E-state index < -0.39 is 5.97 Å². The first-order valence-corrected chi connectivity index (χ1v) is 9.59. The van der Waals surface area contributed by atoms with E-state index in [0.717, 1.165) is 9.79 Å². The summed E-state index contributed by atoms with van der Waals surface area (Å²) in [7, 11) is 4.77. The van der Waals surface area contributed by atoms with Crippen LogP contribution in [0.5, 0.6) is 17.2 Å². The van der Waals surface area contributed by atoms with Crippen LogP contribution >= 0.6 is 11.8 Å². The van der Waals surface area contributed by atoms with E-state index in [-0.39, 0.29) is 12.3 Å². The van der Waals surface area contributed by atoms with Crippen LogP contribution < -0.4 is 14.2 Å². The van der Waals surface area contributed by atoms with E-state index >= 15 is 0 Å². The molecule has 0 atom stereocenters. The van der Waals surface area contributed by atoms with Gasteiger partial charge in [0.25, 0.3) is 0 Å². The lowest BCUT2D eigenvalue weighted by Gasteiger charge is -2.14. The highest BCUT2D eigenvalue weighted by Crippen LogP contribution is 2.44. The van der Waals surface area contributed by atoms with Crippen molar-refractivity contribution in [1.82, 2.24) is 15.4 Å². The summed E-state index contributed by atoms with van der Waals surface area (Å²) >= 11 is 1.44. The minimum atomic E-state index is -0.558. The molecule has 29 heavy (non-hydrogen) atoms. The predicted octanol–water partition coefficient (Wildman–Crippen LogP) is 3.83. The monoisotopic (exact) mass is 415 g/mol. The van der Waals surface area contributed by atoms with Gasteiger partial charge in [0.2, 0.25) is 0 Å². The molecule has 152 valence electrons. The Balaban J connectivity index is 2.12. The Bertz CT molecular complexity index is 1010. The van der Waals surface area contributed by atoms with Crippen LogP contribution in [0.3, 0.4) is 0 Å². The third-order valence-corrected chi connectivity index (χ3v) is 5.15. The number of esters is 1. The van der Waals surface area contributed by atoms with E-state index in [1.165, 1.54) is 11.8 Å². The Morgan fingerprint density at radius 3 is 2.48 bits per heavy atom. The van der Waals surface area contributed by atoms with Crippen molar-refractivity contribution in [3.8, 4) is 28.5 Å². The van der Waals surface area contributed by atoms with Crippen molar-refractivity contribution < 1.29 is 23.7 Å². The molecular formula is C20H21N3O5S. The molecule has 0 bridgehead atoms. The number of hydrogen-bond acceptors (Lipinski definition) is 8. The van der Waals surface area contributed by atoms with Gasteiger partial charge < -0.3 is 18.9 Å². The van der Waals surface area contributed by atoms with Gasteiger partial charge in [-0.3, -0.25) is 0 Å². The number of nitrogens with zero attached hydrogens (tertiary/aromatic N) is 2. The number of carbonyl (C=O) groups is 1. The lowest BCUT2D eigenvalue weighted by Crippen LogP contribution is -2.07. The first-order valence-electron chi connectivity index (χ1n) is 8.78. The zero-order valence-electron chi connectivity index (χ0n) is 16.5. The van der Waals surface area contributed by atoms with Crippen LogP contribution in [-0.2, 0) is 4.74 Å². The lowest BCUT2D eigenvalue weighted by atomic mass is 10.1. The summed E-state index contributed by atoms with van der Waals surface area (Å²) < 4.78 is 21.5. The highest BCUT2D eigenvalue weighted by atomic mass is 32.2. The molecule has 0 aliphatic carbocycles. The molecule has 0 amide bonds. The number of aromatic nitrogens is 3. The smallest absolute Gasteiger partial charge is 0.361 e. The Labute approximate surface area is 172 Å². The van der Waals surface area contributed by atoms with Crippen LogP contribution in [0.4, 0.5) is 0 Å². The molecule has 2 aromatic carbocycles. The summed E-state index contributed by atoms with van der Waals surface area (Å²) in [6.45, 7) is 1.97. The summed E-state index contributed by atoms with van der Waals surface area (Å²) in [4.78, 5) is 14.0. The molecule has 0 fully saturated rings. The SMILES string of the molecule is CCOC(=O)c1n[nH]nc1-c1c(OC)cccc1Sc1cc(OC)ccc1OC. The summed E-state index contributed by atoms with van der Waals surface area (Å²) in [6.07, 6.45) is 0. The van der Waals surface area contributed by atoms with Gasteiger partial charge in [-0.1, -0.05) is 17.8 Å². The van der Waals surface area contributed by atoms with E-state index in [2.05, 4.69) is 15.4 Å². The van der Waals surface area contributed by atoms with Gasteiger partial charge in [-0.15, -0.1) is 5.10 Å². The summed E-state index contributed by atoms with van der Waals surface area (Å²) in [5.74, 6) is 1.38. The van der Waals surface area contributed by atoms with Gasteiger partial charge in [0, 0.05) is 4.90 Å². The molecule has 1 heterocycles. The van der Waals surface area contributed by atoms with E-state index in [0.29, 0.717) is 28.5 Å². The summed E-state index contributed by atoms with van der Waals surface area (Å²) in [5, 5.41) is 10.7. The van der Waals surface area contributed by atoms with Gasteiger partial charge in [0.15, 0.2) is 5.69 Å². The summed E-state index contributed by atoms with van der Waals surface area (Å²) in [5.41, 5.74) is 1.07. The highest BCUT2D eigenvalue weighted by Gasteiger charge is 2.25. The Morgan fingerprint density at radius 1 is 1.00 bits per heavy atom. The van der Waals surface area contributed by atoms with Crippen molar-refractivity contribution in [2.24, 2.45) is 0 Å². The molecule has 0 saturated carbocycles. The average Bonchev–Trinajstić information content (AvgIpc) is 3.23. The number of methoxy groups -OCH3 is 3. The van der Waals surface area contributed by atoms with Crippen LogP contribution in [0.2, 0.25) is 0 Å². The van der Waals surface area contributed by atoms with Gasteiger partial charge in [-0.2, -0.15) is 10.3 Å². The predicted molar refractivity (Wildman–Crippen MR) is 108 cm³/mol. The average molecular weight is 415 g/mol. The van der Waals surface area contributed by atoms with E-state index in [1.807, 2.05) is 30.3 Å². The molecule has 0 aliphatic heterocycles. The fourth-order valence-electron chi connectivity index (χ4n) is 2.73. The first kappa shape index (κ1) is 20.5. The number of hydrogen-bond donors (Lipinski definition) is 1. The molecule has 8 nitrogen and oxygen atoms in total. The zero-order valence-corrected chi connectivity index (χ0v) is 17.3. The molecular weight excluding hydrogens is 394 g/mol. The van der Waals surface area contributed by atoms with Crippen molar-refractivity contribution in [3.05, 3.63) is 42.1 Å². The molecule has 9 heteroatoms. The minimum absolute atomic E-state index is 0.0933. The van der Waals surface area contributed by atoms with Crippen molar-refractivity contribution in [2.75, 3.05) is 27.9 Å². The van der Waals surface area contributed by atoms with Gasteiger partial charge in [0.05, 0.1) is 38.4 Å². The van der Waals surface area contributed by atoms with Crippen LogP contribution in [0.15, 0.2) is 46.2 Å². The van der Waals surface area contributed by atoms with Gasteiger partial charge >= 0.3 is 5.97 Å². The van der Waals surface area contributed by atoms with Gasteiger partial charge in [-0.05, 0) is 37.3 Å². The molecule has 0 unspecified atom stereocenters. The highest BCUT2D eigenvalue weighted by molar-refractivity contribution is 7.99. The Morgan fingerprint density at radius 2 is 1.79 bits per heavy atom. The quantitative estimate of drug-likeness (QED) is 0.555. The van der Waals surface area contributed by atoms with Crippen LogP contribution in [-0.4, -0.2) is 49.3 Å².